The normalized spacial score (nSPS) is 27.5. The van der Waals surface area contributed by atoms with E-state index in [1.165, 1.54) is 0 Å². The van der Waals surface area contributed by atoms with Gasteiger partial charge in [0, 0.05) is 18.5 Å². The van der Waals surface area contributed by atoms with Gasteiger partial charge in [-0.05, 0) is 24.8 Å². The van der Waals surface area contributed by atoms with E-state index in [1.807, 2.05) is 30.3 Å². The number of nitrogens with zero attached hydrogens (tertiary/aromatic N) is 1. The summed E-state index contributed by atoms with van der Waals surface area (Å²) in [5.74, 6) is 0. The molecule has 2 atom stereocenters. The van der Waals surface area contributed by atoms with Crippen molar-refractivity contribution in [2.45, 2.75) is 32.0 Å². The summed E-state index contributed by atoms with van der Waals surface area (Å²) in [4.78, 5) is 14.0. The molecule has 0 unspecified atom stereocenters. The van der Waals surface area contributed by atoms with E-state index in [1.54, 1.807) is 4.90 Å². The van der Waals surface area contributed by atoms with Crippen molar-refractivity contribution in [2.24, 2.45) is 5.41 Å². The average molecular weight is 305 g/mol. The number of carbonyl (C=O) groups excluding carboxylic acids is 1. The van der Waals surface area contributed by atoms with E-state index in [0.717, 1.165) is 31.4 Å². The maximum Gasteiger partial charge on any atom is 0.410 e. The van der Waals surface area contributed by atoms with Gasteiger partial charge in [-0.15, -0.1) is 0 Å². The molecule has 0 bridgehead atoms. The van der Waals surface area contributed by atoms with E-state index in [9.17, 15) is 9.90 Å². The molecule has 1 amide bonds. The molecule has 1 N–H and O–H groups in total. The lowest BCUT2D eigenvalue weighted by Gasteiger charge is -2.41. The quantitative estimate of drug-likeness (QED) is 0.847. The van der Waals surface area contributed by atoms with Crippen molar-refractivity contribution in [3.63, 3.8) is 0 Å². The third-order valence-electron chi connectivity index (χ3n) is 4.52. The van der Waals surface area contributed by atoms with Gasteiger partial charge in [0.15, 0.2) is 0 Å². The molecule has 120 valence electrons. The molecule has 1 aromatic rings. The third-order valence-corrected chi connectivity index (χ3v) is 4.52. The number of aliphatic hydroxyl groups is 1. The second-order valence-corrected chi connectivity index (χ2v) is 6.38. The zero-order chi connectivity index (χ0) is 15.4. The number of likely N-dealkylation sites (tertiary alicyclic amines) is 1. The van der Waals surface area contributed by atoms with Crippen molar-refractivity contribution in [3.8, 4) is 0 Å². The minimum Gasteiger partial charge on any atom is -0.445 e. The van der Waals surface area contributed by atoms with Crippen LogP contribution >= 0.6 is 0 Å². The predicted molar refractivity (Wildman–Crippen MR) is 81.3 cm³/mol. The molecule has 2 aliphatic heterocycles. The second kappa shape index (κ2) is 6.67. The Kier molecular flexibility index (Phi) is 4.64. The number of ether oxygens (including phenoxy) is 2. The van der Waals surface area contributed by atoms with E-state index in [0.29, 0.717) is 13.1 Å². The molecule has 22 heavy (non-hydrogen) atoms. The Labute approximate surface area is 130 Å². The van der Waals surface area contributed by atoms with Gasteiger partial charge in [0.2, 0.25) is 0 Å². The highest BCUT2D eigenvalue weighted by Gasteiger charge is 2.42. The van der Waals surface area contributed by atoms with Crippen molar-refractivity contribution in [2.75, 3.05) is 26.3 Å². The van der Waals surface area contributed by atoms with Crippen LogP contribution in [0.5, 0.6) is 0 Å². The first-order valence-corrected chi connectivity index (χ1v) is 7.89. The van der Waals surface area contributed by atoms with Gasteiger partial charge in [0.05, 0.1) is 19.3 Å². The summed E-state index contributed by atoms with van der Waals surface area (Å²) >= 11 is 0. The number of hydrogen-bond acceptors (Lipinski definition) is 4. The Morgan fingerprint density at radius 2 is 2.18 bits per heavy atom. The zero-order valence-corrected chi connectivity index (χ0v) is 12.7. The molecule has 0 spiro atoms. The summed E-state index contributed by atoms with van der Waals surface area (Å²) in [6, 6.07) is 9.66. The van der Waals surface area contributed by atoms with Crippen LogP contribution in [-0.2, 0) is 16.1 Å². The minimum absolute atomic E-state index is 0.0926. The Morgan fingerprint density at radius 3 is 2.86 bits per heavy atom. The fourth-order valence-corrected chi connectivity index (χ4v) is 3.20. The number of hydrogen-bond donors (Lipinski definition) is 1. The molecule has 0 radical (unpaired) electrons. The van der Waals surface area contributed by atoms with E-state index >= 15 is 0 Å². The number of amides is 1. The highest BCUT2D eigenvalue weighted by atomic mass is 16.6. The fraction of sp³-hybridized carbons (Fsp3) is 0.588. The topological polar surface area (TPSA) is 62.3 Å². The van der Waals surface area contributed by atoms with Crippen LogP contribution in [0.2, 0.25) is 0 Å². The molecule has 2 saturated heterocycles. The van der Waals surface area contributed by atoms with Crippen LogP contribution in [0.15, 0.2) is 30.3 Å². The monoisotopic (exact) mass is 305 g/mol. The molecule has 5 nitrogen and oxygen atoms in total. The Bertz CT molecular complexity index is 503. The van der Waals surface area contributed by atoms with Crippen LogP contribution in [0, 0.1) is 5.41 Å². The van der Waals surface area contributed by atoms with Crippen LogP contribution in [-0.4, -0.2) is 48.5 Å². The lowest BCUT2D eigenvalue weighted by atomic mass is 9.77. The third kappa shape index (κ3) is 3.78. The van der Waals surface area contributed by atoms with Crippen molar-refractivity contribution >= 4 is 6.09 Å². The molecule has 2 heterocycles. The number of aliphatic hydroxyl groups excluding tert-OH is 1. The smallest absolute Gasteiger partial charge is 0.410 e. The number of benzene rings is 1. The van der Waals surface area contributed by atoms with Gasteiger partial charge in [-0.1, -0.05) is 30.3 Å². The molecular formula is C17H23NO4. The minimum atomic E-state index is -0.293. The summed E-state index contributed by atoms with van der Waals surface area (Å²) in [5.41, 5.74) is 0.748. The number of epoxide rings is 1. The molecule has 2 aliphatic rings. The van der Waals surface area contributed by atoms with Gasteiger partial charge < -0.3 is 19.5 Å². The number of rotatable bonds is 5. The van der Waals surface area contributed by atoms with Crippen LogP contribution in [0.4, 0.5) is 4.79 Å². The molecule has 0 aromatic heterocycles. The lowest BCUT2D eigenvalue weighted by Crippen LogP contribution is -2.48. The summed E-state index contributed by atoms with van der Waals surface area (Å²) in [7, 11) is 0. The first kappa shape index (κ1) is 15.3. The first-order valence-electron chi connectivity index (χ1n) is 7.89. The standard InChI is InChI=1S/C17H23NO4/c19-13-17(9-15-11-21-15)7-4-8-18(12-17)16(20)22-10-14-5-2-1-3-6-14/h1-3,5-6,15,19H,4,7-13H2/t15-,17-/m0/s1. The summed E-state index contributed by atoms with van der Waals surface area (Å²) in [6.07, 6.45) is 2.62. The fourth-order valence-electron chi connectivity index (χ4n) is 3.20. The molecular weight excluding hydrogens is 282 g/mol. The molecule has 0 aliphatic carbocycles. The van der Waals surface area contributed by atoms with Crippen LogP contribution in [0.1, 0.15) is 24.8 Å². The summed E-state index contributed by atoms with van der Waals surface area (Å²) in [5, 5.41) is 9.79. The van der Waals surface area contributed by atoms with Crippen molar-refractivity contribution < 1.29 is 19.4 Å². The van der Waals surface area contributed by atoms with Gasteiger partial charge in [0.25, 0.3) is 0 Å². The Hall–Kier alpha value is -1.59. The van der Waals surface area contributed by atoms with Crippen molar-refractivity contribution in [3.05, 3.63) is 35.9 Å². The van der Waals surface area contributed by atoms with E-state index in [2.05, 4.69) is 0 Å². The Morgan fingerprint density at radius 1 is 1.41 bits per heavy atom. The van der Waals surface area contributed by atoms with Crippen LogP contribution in [0.25, 0.3) is 0 Å². The summed E-state index contributed by atoms with van der Waals surface area (Å²) < 4.78 is 10.7. The van der Waals surface area contributed by atoms with Crippen LogP contribution < -0.4 is 0 Å². The van der Waals surface area contributed by atoms with E-state index in [4.69, 9.17) is 9.47 Å². The molecule has 5 heteroatoms. The van der Waals surface area contributed by atoms with Crippen molar-refractivity contribution in [1.82, 2.24) is 4.90 Å². The second-order valence-electron chi connectivity index (χ2n) is 6.38. The highest BCUT2D eigenvalue weighted by Crippen LogP contribution is 2.37. The number of carbonyl (C=O) groups is 1. The first-order chi connectivity index (χ1) is 10.7. The summed E-state index contributed by atoms with van der Waals surface area (Å²) in [6.45, 7) is 2.40. The van der Waals surface area contributed by atoms with E-state index in [-0.39, 0.29) is 30.8 Å². The maximum atomic E-state index is 12.3. The molecule has 3 rings (SSSR count). The lowest BCUT2D eigenvalue weighted by molar-refractivity contribution is 0.0125. The van der Waals surface area contributed by atoms with Gasteiger partial charge >= 0.3 is 6.09 Å². The van der Waals surface area contributed by atoms with Gasteiger partial charge in [-0.25, -0.2) is 4.79 Å². The van der Waals surface area contributed by atoms with Crippen LogP contribution in [0.3, 0.4) is 0 Å². The van der Waals surface area contributed by atoms with Gasteiger partial charge in [0.1, 0.15) is 6.61 Å². The number of piperidine rings is 1. The maximum absolute atomic E-state index is 12.3. The molecule has 0 saturated carbocycles. The van der Waals surface area contributed by atoms with Gasteiger partial charge in [-0.3, -0.25) is 0 Å². The Balaban J connectivity index is 1.55. The average Bonchev–Trinajstić information content (AvgIpc) is 3.37. The predicted octanol–water partition coefficient (Wildman–Crippen LogP) is 2.19. The largest absolute Gasteiger partial charge is 0.445 e. The van der Waals surface area contributed by atoms with E-state index < -0.39 is 0 Å². The molecule has 2 fully saturated rings. The van der Waals surface area contributed by atoms with Gasteiger partial charge in [-0.2, -0.15) is 0 Å². The molecule has 1 aromatic carbocycles. The SMILES string of the molecule is O=C(OCc1ccccc1)N1CCC[C@](CO)(C[C@H]2CO2)C1. The highest BCUT2D eigenvalue weighted by molar-refractivity contribution is 5.67. The van der Waals surface area contributed by atoms with Crippen molar-refractivity contribution in [1.29, 1.82) is 0 Å². The zero-order valence-electron chi connectivity index (χ0n) is 12.7.